The van der Waals surface area contributed by atoms with Crippen LogP contribution in [0.5, 0.6) is 0 Å². The van der Waals surface area contributed by atoms with E-state index in [1.54, 1.807) is 13.0 Å². The van der Waals surface area contributed by atoms with E-state index >= 15 is 0 Å². The van der Waals surface area contributed by atoms with Crippen LogP contribution in [-0.2, 0) is 18.9 Å². The van der Waals surface area contributed by atoms with Crippen LogP contribution in [0.1, 0.15) is 28.8 Å². The molecule has 1 saturated carbocycles. The summed E-state index contributed by atoms with van der Waals surface area (Å²) in [7, 11) is 2.65. The second-order valence-electron chi connectivity index (χ2n) is 6.72. The lowest BCUT2D eigenvalue weighted by Crippen LogP contribution is -2.43. The van der Waals surface area contributed by atoms with E-state index in [9.17, 15) is 18.8 Å². The van der Waals surface area contributed by atoms with Crippen LogP contribution in [0.15, 0.2) is 27.8 Å². The van der Waals surface area contributed by atoms with Gasteiger partial charge in [-0.05, 0) is 43.4 Å². The van der Waals surface area contributed by atoms with Crippen LogP contribution in [0.3, 0.4) is 0 Å². The van der Waals surface area contributed by atoms with Gasteiger partial charge in [-0.3, -0.25) is 23.6 Å². The molecule has 1 aliphatic carbocycles. The van der Waals surface area contributed by atoms with E-state index in [1.165, 1.54) is 26.2 Å². The topological polar surface area (TPSA) is 94.4 Å². The molecule has 0 atom stereocenters. The monoisotopic (exact) mass is 376 g/mol. The zero-order chi connectivity index (χ0) is 19.7. The first-order valence-electron chi connectivity index (χ1n) is 8.55. The minimum atomic E-state index is -0.805. The van der Waals surface area contributed by atoms with Crippen LogP contribution in [0, 0.1) is 18.7 Å². The summed E-state index contributed by atoms with van der Waals surface area (Å²) in [5, 5.41) is 2.70. The number of carbonyl (C=O) groups is 1. The van der Waals surface area contributed by atoms with Crippen LogP contribution in [0.2, 0.25) is 0 Å². The van der Waals surface area contributed by atoms with Gasteiger partial charge in [-0.15, -0.1) is 0 Å². The number of aromatic nitrogens is 2. The number of hydrogen-bond donors (Lipinski definition) is 2. The number of hydroxylamine groups is 1. The predicted molar refractivity (Wildman–Crippen MR) is 97.5 cm³/mol. The second kappa shape index (κ2) is 7.36. The molecule has 1 heterocycles. The maximum absolute atomic E-state index is 14.2. The zero-order valence-corrected chi connectivity index (χ0v) is 15.3. The molecule has 0 unspecified atom stereocenters. The fraction of sp³-hybridized carbons (Fsp3) is 0.389. The third-order valence-electron chi connectivity index (χ3n) is 4.45. The highest BCUT2D eigenvalue weighted by atomic mass is 19.1. The molecular formula is C18H21FN4O4. The summed E-state index contributed by atoms with van der Waals surface area (Å²) in [5.41, 5.74) is 1.19. The molecule has 0 spiro atoms. The highest BCUT2D eigenvalue weighted by Crippen LogP contribution is 2.28. The van der Waals surface area contributed by atoms with Crippen LogP contribution in [-0.4, -0.2) is 21.6 Å². The molecule has 1 aromatic carbocycles. The van der Waals surface area contributed by atoms with Gasteiger partial charge in [-0.1, -0.05) is 6.07 Å². The first-order valence-corrected chi connectivity index (χ1v) is 8.55. The van der Waals surface area contributed by atoms with Crippen molar-refractivity contribution < 1.29 is 14.0 Å². The number of rotatable bonds is 6. The first kappa shape index (κ1) is 18.8. The largest absolute Gasteiger partial charge is 0.338 e. The molecule has 8 nitrogen and oxygen atoms in total. The fourth-order valence-electron chi connectivity index (χ4n) is 2.60. The summed E-state index contributed by atoms with van der Waals surface area (Å²) in [5.74, 6) is -1.08. The normalized spacial score (nSPS) is 13.5. The summed E-state index contributed by atoms with van der Waals surface area (Å²) >= 11 is 0. The van der Waals surface area contributed by atoms with Gasteiger partial charge in [0.05, 0.1) is 12.3 Å². The van der Waals surface area contributed by atoms with Crippen molar-refractivity contribution in [1.82, 2.24) is 14.6 Å². The van der Waals surface area contributed by atoms with Gasteiger partial charge in [0.25, 0.3) is 11.5 Å². The highest BCUT2D eigenvalue weighted by molar-refractivity contribution is 5.98. The van der Waals surface area contributed by atoms with Crippen LogP contribution >= 0.6 is 0 Å². The van der Waals surface area contributed by atoms with E-state index in [2.05, 4.69) is 10.8 Å². The lowest BCUT2D eigenvalue weighted by atomic mass is 10.2. The molecule has 1 aromatic heterocycles. The third kappa shape index (κ3) is 3.92. The standard InChI is InChI=1S/C18H21FN4O4/c1-10-4-7-13(12(19)8-10)20-15-14(16(24)21-27-9-11-5-6-11)17(25)23(3)18(26)22(15)2/h4,7-8,11,20H,5-6,9H2,1-3H3,(H,21,24). The molecule has 1 fully saturated rings. The zero-order valence-electron chi connectivity index (χ0n) is 15.3. The van der Waals surface area contributed by atoms with Gasteiger partial charge < -0.3 is 5.32 Å². The lowest BCUT2D eigenvalue weighted by molar-refractivity contribution is 0.0268. The van der Waals surface area contributed by atoms with Crippen molar-refractivity contribution in [2.75, 3.05) is 11.9 Å². The molecule has 0 saturated heterocycles. The Kier molecular flexibility index (Phi) is 5.13. The Morgan fingerprint density at radius 1 is 1.26 bits per heavy atom. The fourth-order valence-corrected chi connectivity index (χ4v) is 2.60. The van der Waals surface area contributed by atoms with Gasteiger partial charge >= 0.3 is 5.69 Å². The van der Waals surface area contributed by atoms with Gasteiger partial charge in [-0.2, -0.15) is 0 Å². The smallest absolute Gasteiger partial charge is 0.332 e. The van der Waals surface area contributed by atoms with Crippen molar-refractivity contribution in [2.24, 2.45) is 20.0 Å². The van der Waals surface area contributed by atoms with E-state index < -0.39 is 23.0 Å². The highest BCUT2D eigenvalue weighted by Gasteiger charge is 2.25. The number of nitrogens with zero attached hydrogens (tertiary/aromatic N) is 2. The van der Waals surface area contributed by atoms with Gasteiger partial charge in [-0.25, -0.2) is 14.7 Å². The van der Waals surface area contributed by atoms with E-state index in [0.717, 1.165) is 22.0 Å². The van der Waals surface area contributed by atoms with Gasteiger partial charge in [0, 0.05) is 14.1 Å². The molecule has 9 heteroatoms. The SMILES string of the molecule is Cc1ccc(Nc2c(C(=O)NOCC3CC3)c(=O)n(C)c(=O)n2C)c(F)c1. The summed E-state index contributed by atoms with van der Waals surface area (Å²) in [4.78, 5) is 42.5. The van der Waals surface area contributed by atoms with Crippen LogP contribution in [0.25, 0.3) is 0 Å². The Balaban J connectivity index is 2.00. The number of nitrogens with one attached hydrogen (secondary N) is 2. The minimum absolute atomic E-state index is 0.0387. The molecule has 0 aliphatic heterocycles. The van der Waals surface area contributed by atoms with Crippen LogP contribution in [0.4, 0.5) is 15.9 Å². The Hall–Kier alpha value is -2.94. The van der Waals surface area contributed by atoms with E-state index in [4.69, 9.17) is 4.84 Å². The molecule has 144 valence electrons. The summed E-state index contributed by atoms with van der Waals surface area (Å²) < 4.78 is 16.1. The van der Waals surface area contributed by atoms with E-state index in [1.807, 2.05) is 0 Å². The molecule has 3 rings (SSSR count). The minimum Gasteiger partial charge on any atom is -0.338 e. The Bertz CT molecular complexity index is 1010. The van der Waals surface area contributed by atoms with Crippen molar-refractivity contribution in [3.05, 3.63) is 56.0 Å². The van der Waals surface area contributed by atoms with Gasteiger partial charge in [0.1, 0.15) is 17.2 Å². The summed E-state index contributed by atoms with van der Waals surface area (Å²) in [6.07, 6.45) is 2.08. The molecule has 0 bridgehead atoms. The van der Waals surface area contributed by atoms with Crippen LogP contribution < -0.4 is 22.0 Å². The van der Waals surface area contributed by atoms with E-state index in [-0.39, 0.29) is 17.1 Å². The van der Waals surface area contributed by atoms with Gasteiger partial charge in [0.2, 0.25) is 0 Å². The molecule has 1 amide bonds. The molecular weight excluding hydrogens is 355 g/mol. The number of aryl methyl sites for hydroxylation is 1. The van der Waals surface area contributed by atoms with Crippen molar-refractivity contribution in [3.63, 3.8) is 0 Å². The van der Waals surface area contributed by atoms with Gasteiger partial charge in [0.15, 0.2) is 0 Å². The maximum atomic E-state index is 14.2. The van der Waals surface area contributed by atoms with Crippen molar-refractivity contribution >= 4 is 17.4 Å². The third-order valence-corrected chi connectivity index (χ3v) is 4.45. The average molecular weight is 376 g/mol. The number of amides is 1. The van der Waals surface area contributed by atoms with Crippen molar-refractivity contribution in [3.8, 4) is 0 Å². The molecule has 1 aliphatic rings. The van der Waals surface area contributed by atoms with Crippen molar-refractivity contribution in [2.45, 2.75) is 19.8 Å². The second-order valence-corrected chi connectivity index (χ2v) is 6.72. The van der Waals surface area contributed by atoms with Crippen molar-refractivity contribution in [1.29, 1.82) is 0 Å². The summed E-state index contributed by atoms with van der Waals surface area (Å²) in [6, 6.07) is 4.45. The number of carbonyl (C=O) groups excluding carboxylic acids is 1. The molecule has 2 N–H and O–H groups in total. The lowest BCUT2D eigenvalue weighted by Gasteiger charge is -2.17. The maximum Gasteiger partial charge on any atom is 0.332 e. The Labute approximate surface area is 154 Å². The number of anilines is 2. The average Bonchev–Trinajstić information content (AvgIpc) is 3.44. The molecule has 2 aromatic rings. The predicted octanol–water partition coefficient (Wildman–Crippen LogP) is 1.35. The molecule has 0 radical (unpaired) electrons. The number of hydrogen-bond acceptors (Lipinski definition) is 5. The Morgan fingerprint density at radius 2 is 1.96 bits per heavy atom. The Morgan fingerprint density at radius 3 is 2.59 bits per heavy atom. The summed E-state index contributed by atoms with van der Waals surface area (Å²) in [6.45, 7) is 2.09. The number of benzene rings is 1. The molecule has 27 heavy (non-hydrogen) atoms. The number of halogens is 1. The quantitative estimate of drug-likeness (QED) is 0.742. The first-order chi connectivity index (χ1) is 12.8. The van der Waals surface area contributed by atoms with E-state index in [0.29, 0.717) is 18.1 Å².